The van der Waals surface area contributed by atoms with Crippen molar-refractivity contribution in [2.45, 2.75) is 25.2 Å². The number of sulfonamides is 1. The van der Waals surface area contributed by atoms with E-state index in [-0.39, 0.29) is 4.90 Å². The highest BCUT2D eigenvalue weighted by molar-refractivity contribution is 7.89. The van der Waals surface area contributed by atoms with Gasteiger partial charge >= 0.3 is 0 Å². The van der Waals surface area contributed by atoms with Gasteiger partial charge in [-0.05, 0) is 48.9 Å². The van der Waals surface area contributed by atoms with Crippen LogP contribution in [0.1, 0.15) is 18.9 Å². The summed E-state index contributed by atoms with van der Waals surface area (Å²) in [6.07, 6.45) is 1.11. The lowest BCUT2D eigenvalue weighted by Crippen LogP contribution is -2.26. The average Bonchev–Trinajstić information content (AvgIpc) is 2.96. The van der Waals surface area contributed by atoms with E-state index >= 15 is 0 Å². The van der Waals surface area contributed by atoms with Crippen molar-refractivity contribution in [2.75, 3.05) is 12.3 Å². The molecule has 1 aromatic carbocycles. The van der Waals surface area contributed by atoms with E-state index in [1.807, 2.05) is 0 Å². The van der Waals surface area contributed by atoms with Gasteiger partial charge < -0.3 is 5.73 Å². The lowest BCUT2D eigenvalue weighted by atomic mass is 10.2. The Kier molecular flexibility index (Phi) is 3.14. The van der Waals surface area contributed by atoms with Crippen LogP contribution >= 0.6 is 0 Å². The molecule has 2 atom stereocenters. The van der Waals surface area contributed by atoms with Crippen molar-refractivity contribution in [3.8, 4) is 0 Å². The van der Waals surface area contributed by atoms with Crippen LogP contribution in [0.15, 0.2) is 23.1 Å². The summed E-state index contributed by atoms with van der Waals surface area (Å²) in [4.78, 5) is 0.289. The van der Waals surface area contributed by atoms with Crippen LogP contribution < -0.4 is 10.5 Å². The quantitative estimate of drug-likeness (QED) is 0.800. The van der Waals surface area contributed by atoms with Gasteiger partial charge in [0.1, 0.15) is 0 Å². The molecule has 1 aromatic rings. The molecule has 2 unspecified atom stereocenters. The second-order valence-electron chi connectivity index (χ2n) is 4.84. The van der Waals surface area contributed by atoms with Gasteiger partial charge in [0.15, 0.2) is 0 Å². The second kappa shape index (κ2) is 4.31. The largest absolute Gasteiger partial charge is 0.399 e. The van der Waals surface area contributed by atoms with Gasteiger partial charge in [0, 0.05) is 12.2 Å². The molecule has 0 aromatic heterocycles. The minimum absolute atomic E-state index is 0.289. The highest BCUT2D eigenvalue weighted by Crippen LogP contribution is 2.37. The van der Waals surface area contributed by atoms with Crippen LogP contribution in [0, 0.1) is 18.8 Å². The third-order valence-electron chi connectivity index (χ3n) is 3.36. The minimum atomic E-state index is -3.38. The lowest BCUT2D eigenvalue weighted by molar-refractivity contribution is 0.574. The Hall–Kier alpha value is -1.07. The van der Waals surface area contributed by atoms with Crippen molar-refractivity contribution in [2.24, 2.45) is 11.8 Å². The number of nitrogens with two attached hydrogens (primary N) is 1. The van der Waals surface area contributed by atoms with Gasteiger partial charge in [-0.15, -0.1) is 0 Å². The molecule has 0 amide bonds. The number of nitrogens with one attached hydrogen (secondary N) is 1. The summed E-state index contributed by atoms with van der Waals surface area (Å²) in [5.74, 6) is 1.14. The van der Waals surface area contributed by atoms with Crippen LogP contribution in [0.2, 0.25) is 0 Å². The Bertz CT molecular complexity index is 525. The van der Waals surface area contributed by atoms with Crippen molar-refractivity contribution >= 4 is 15.7 Å². The first-order valence-electron chi connectivity index (χ1n) is 5.76. The zero-order chi connectivity index (χ0) is 12.6. The van der Waals surface area contributed by atoms with E-state index in [9.17, 15) is 8.42 Å². The van der Waals surface area contributed by atoms with Crippen molar-refractivity contribution in [1.29, 1.82) is 0 Å². The second-order valence-corrected chi connectivity index (χ2v) is 6.61. The number of benzene rings is 1. The molecule has 0 aliphatic heterocycles. The number of hydrogen-bond donors (Lipinski definition) is 2. The van der Waals surface area contributed by atoms with Gasteiger partial charge in [0.2, 0.25) is 10.0 Å². The van der Waals surface area contributed by atoms with E-state index in [0.29, 0.717) is 24.1 Å². The van der Waals surface area contributed by atoms with Crippen molar-refractivity contribution in [3.05, 3.63) is 23.8 Å². The molecule has 1 saturated carbocycles. The molecular weight excluding hydrogens is 236 g/mol. The average molecular weight is 254 g/mol. The zero-order valence-electron chi connectivity index (χ0n) is 10.1. The lowest BCUT2D eigenvalue weighted by Gasteiger charge is -2.08. The van der Waals surface area contributed by atoms with E-state index in [1.54, 1.807) is 25.1 Å². The minimum Gasteiger partial charge on any atom is -0.399 e. The van der Waals surface area contributed by atoms with Crippen LogP contribution in [0.25, 0.3) is 0 Å². The number of nitrogen functional groups attached to an aromatic ring is 1. The first kappa shape index (κ1) is 12.4. The monoisotopic (exact) mass is 254 g/mol. The Morgan fingerprint density at radius 1 is 1.47 bits per heavy atom. The topological polar surface area (TPSA) is 72.2 Å². The van der Waals surface area contributed by atoms with Gasteiger partial charge in [-0.25, -0.2) is 13.1 Å². The third-order valence-corrected chi connectivity index (χ3v) is 4.78. The molecule has 1 aliphatic carbocycles. The van der Waals surface area contributed by atoms with Gasteiger partial charge in [-0.2, -0.15) is 0 Å². The van der Waals surface area contributed by atoms with E-state index in [1.165, 1.54) is 0 Å². The first-order chi connectivity index (χ1) is 7.90. The highest BCUT2D eigenvalue weighted by Gasteiger charge is 2.33. The number of hydrogen-bond acceptors (Lipinski definition) is 3. The van der Waals surface area contributed by atoms with Crippen LogP contribution in [-0.2, 0) is 10.0 Å². The van der Waals surface area contributed by atoms with Gasteiger partial charge in [0.25, 0.3) is 0 Å². The molecule has 1 fully saturated rings. The van der Waals surface area contributed by atoms with Crippen LogP contribution in [0.5, 0.6) is 0 Å². The highest BCUT2D eigenvalue weighted by atomic mass is 32.2. The van der Waals surface area contributed by atoms with Gasteiger partial charge in [0.05, 0.1) is 4.90 Å². The maximum Gasteiger partial charge on any atom is 0.240 e. The molecule has 3 N–H and O–H groups in total. The fourth-order valence-corrected chi connectivity index (χ4v) is 2.98. The Balaban J connectivity index is 2.10. The summed E-state index contributed by atoms with van der Waals surface area (Å²) in [6.45, 7) is 4.47. The maximum absolute atomic E-state index is 12.0. The summed E-state index contributed by atoms with van der Waals surface area (Å²) in [5, 5.41) is 0. The van der Waals surface area contributed by atoms with E-state index in [2.05, 4.69) is 11.6 Å². The predicted molar refractivity (Wildman–Crippen MR) is 68.1 cm³/mol. The van der Waals surface area contributed by atoms with Crippen molar-refractivity contribution in [1.82, 2.24) is 4.72 Å². The van der Waals surface area contributed by atoms with Crippen LogP contribution in [0.3, 0.4) is 0 Å². The summed E-state index contributed by atoms with van der Waals surface area (Å²) in [5.41, 5.74) is 7.06. The number of rotatable bonds is 4. The maximum atomic E-state index is 12.0. The standard InChI is InChI=1S/C12H18N2O2S/c1-8-5-10(8)7-14-17(15,16)11-3-4-12(13)9(2)6-11/h3-4,6,8,10,14H,5,7,13H2,1-2H3. The molecule has 17 heavy (non-hydrogen) atoms. The zero-order valence-corrected chi connectivity index (χ0v) is 10.9. The van der Waals surface area contributed by atoms with E-state index < -0.39 is 10.0 Å². The predicted octanol–water partition coefficient (Wildman–Crippen LogP) is 1.51. The molecule has 2 rings (SSSR count). The number of aryl methyl sites for hydroxylation is 1. The normalized spacial score (nSPS) is 23.6. The van der Waals surface area contributed by atoms with E-state index in [0.717, 1.165) is 12.0 Å². The SMILES string of the molecule is Cc1cc(S(=O)(=O)NCC2CC2C)ccc1N. The van der Waals surface area contributed by atoms with Crippen LogP contribution in [-0.4, -0.2) is 15.0 Å². The van der Waals surface area contributed by atoms with Crippen LogP contribution in [0.4, 0.5) is 5.69 Å². The summed E-state index contributed by atoms with van der Waals surface area (Å²) < 4.78 is 26.6. The first-order valence-corrected chi connectivity index (χ1v) is 7.24. The molecule has 0 saturated heterocycles. The Morgan fingerprint density at radius 3 is 2.65 bits per heavy atom. The molecule has 4 nitrogen and oxygen atoms in total. The molecule has 0 spiro atoms. The molecule has 0 radical (unpaired) electrons. The Labute approximate surface area is 102 Å². The molecular formula is C12H18N2O2S. The van der Waals surface area contributed by atoms with Gasteiger partial charge in [-0.3, -0.25) is 0 Å². The fraction of sp³-hybridized carbons (Fsp3) is 0.500. The van der Waals surface area contributed by atoms with Crippen molar-refractivity contribution < 1.29 is 8.42 Å². The van der Waals surface area contributed by atoms with E-state index in [4.69, 9.17) is 5.73 Å². The fourth-order valence-electron chi connectivity index (χ4n) is 1.80. The summed E-state index contributed by atoms with van der Waals surface area (Å²) in [7, 11) is -3.38. The smallest absolute Gasteiger partial charge is 0.240 e. The Morgan fingerprint density at radius 2 is 2.12 bits per heavy atom. The third kappa shape index (κ3) is 2.79. The molecule has 0 bridgehead atoms. The number of anilines is 1. The van der Waals surface area contributed by atoms with Crippen molar-refractivity contribution in [3.63, 3.8) is 0 Å². The van der Waals surface area contributed by atoms with Gasteiger partial charge in [-0.1, -0.05) is 6.92 Å². The summed E-state index contributed by atoms with van der Waals surface area (Å²) >= 11 is 0. The summed E-state index contributed by atoms with van der Waals surface area (Å²) in [6, 6.07) is 4.78. The molecule has 0 heterocycles. The molecule has 5 heteroatoms. The molecule has 94 valence electrons. The molecule has 1 aliphatic rings.